The molecular weight excluding hydrogens is 262 g/mol. The summed E-state index contributed by atoms with van der Waals surface area (Å²) >= 11 is 0. The number of hydrogen-bond donors (Lipinski definition) is 1. The van der Waals surface area contributed by atoms with Gasteiger partial charge in [0.25, 0.3) is 0 Å². The molecule has 0 amide bonds. The first-order valence-electron chi connectivity index (χ1n) is 8.38. The van der Waals surface area contributed by atoms with E-state index in [4.69, 9.17) is 9.47 Å². The van der Waals surface area contributed by atoms with Gasteiger partial charge in [-0.25, -0.2) is 0 Å². The highest BCUT2D eigenvalue weighted by Gasteiger charge is 2.20. The second kappa shape index (κ2) is 7.28. The molecule has 1 aliphatic heterocycles. The van der Waals surface area contributed by atoms with Crippen molar-refractivity contribution in [1.82, 2.24) is 5.32 Å². The van der Waals surface area contributed by atoms with Gasteiger partial charge >= 0.3 is 0 Å². The summed E-state index contributed by atoms with van der Waals surface area (Å²) in [7, 11) is 0. The Bertz CT molecular complexity index is 451. The summed E-state index contributed by atoms with van der Waals surface area (Å²) in [5.74, 6) is 1.04. The van der Waals surface area contributed by atoms with E-state index in [0.717, 1.165) is 44.4 Å². The molecule has 2 fully saturated rings. The van der Waals surface area contributed by atoms with Crippen molar-refractivity contribution in [1.29, 1.82) is 0 Å². The molecule has 1 N–H and O–H groups in total. The molecule has 1 aliphatic carbocycles. The SMILES string of the molecule is Cc1ccc(OCCCC2CCCO2)c(CNC2CC2)c1. The molecule has 1 aromatic rings. The van der Waals surface area contributed by atoms with E-state index in [0.29, 0.717) is 6.10 Å². The van der Waals surface area contributed by atoms with Crippen LogP contribution in [0.15, 0.2) is 18.2 Å². The van der Waals surface area contributed by atoms with Gasteiger partial charge in [0.05, 0.1) is 12.7 Å². The average Bonchev–Trinajstić information content (AvgIpc) is 3.17. The topological polar surface area (TPSA) is 30.5 Å². The molecule has 0 bridgehead atoms. The molecule has 21 heavy (non-hydrogen) atoms. The Hall–Kier alpha value is -1.06. The maximum Gasteiger partial charge on any atom is 0.123 e. The molecule has 1 atom stereocenters. The lowest BCUT2D eigenvalue weighted by Crippen LogP contribution is -2.16. The van der Waals surface area contributed by atoms with Gasteiger partial charge in [0.15, 0.2) is 0 Å². The Balaban J connectivity index is 1.46. The van der Waals surface area contributed by atoms with Crippen LogP contribution in [0.5, 0.6) is 5.75 Å². The number of nitrogens with one attached hydrogen (secondary N) is 1. The normalized spacial score (nSPS) is 21.7. The van der Waals surface area contributed by atoms with E-state index in [-0.39, 0.29) is 0 Å². The summed E-state index contributed by atoms with van der Waals surface area (Å²) in [6, 6.07) is 7.23. The highest BCUT2D eigenvalue weighted by Crippen LogP contribution is 2.24. The highest BCUT2D eigenvalue weighted by atomic mass is 16.5. The third kappa shape index (κ3) is 4.72. The molecule has 1 saturated heterocycles. The lowest BCUT2D eigenvalue weighted by Gasteiger charge is -2.14. The Kier molecular flexibility index (Phi) is 5.15. The van der Waals surface area contributed by atoms with Crippen molar-refractivity contribution >= 4 is 0 Å². The molecule has 1 unspecified atom stereocenters. The van der Waals surface area contributed by atoms with Crippen LogP contribution in [0.25, 0.3) is 0 Å². The van der Waals surface area contributed by atoms with Crippen molar-refractivity contribution in [3.05, 3.63) is 29.3 Å². The van der Waals surface area contributed by atoms with E-state index in [9.17, 15) is 0 Å². The summed E-state index contributed by atoms with van der Waals surface area (Å²) in [6.45, 7) is 4.80. The number of aryl methyl sites for hydroxylation is 1. The minimum Gasteiger partial charge on any atom is -0.493 e. The van der Waals surface area contributed by atoms with E-state index in [2.05, 4.69) is 30.4 Å². The van der Waals surface area contributed by atoms with Crippen LogP contribution in [0.4, 0.5) is 0 Å². The van der Waals surface area contributed by atoms with Gasteiger partial charge in [-0.15, -0.1) is 0 Å². The quantitative estimate of drug-likeness (QED) is 0.742. The Morgan fingerprint density at radius 3 is 2.95 bits per heavy atom. The van der Waals surface area contributed by atoms with Gasteiger partial charge in [0.2, 0.25) is 0 Å². The van der Waals surface area contributed by atoms with Gasteiger partial charge in [-0.1, -0.05) is 17.7 Å². The Morgan fingerprint density at radius 1 is 1.29 bits per heavy atom. The predicted molar refractivity (Wildman–Crippen MR) is 84.7 cm³/mol. The minimum atomic E-state index is 0.475. The Morgan fingerprint density at radius 2 is 2.19 bits per heavy atom. The van der Waals surface area contributed by atoms with E-state index in [1.54, 1.807) is 0 Å². The number of benzene rings is 1. The van der Waals surface area contributed by atoms with Crippen LogP contribution in [0.2, 0.25) is 0 Å². The van der Waals surface area contributed by atoms with Crippen LogP contribution in [-0.2, 0) is 11.3 Å². The summed E-state index contributed by atoms with van der Waals surface area (Å²) in [6.07, 6.45) is 7.77. The molecule has 0 radical (unpaired) electrons. The summed E-state index contributed by atoms with van der Waals surface area (Å²) < 4.78 is 11.7. The molecule has 116 valence electrons. The smallest absolute Gasteiger partial charge is 0.123 e. The molecule has 3 rings (SSSR count). The molecule has 1 aromatic carbocycles. The second-order valence-electron chi connectivity index (χ2n) is 6.39. The lowest BCUT2D eigenvalue weighted by atomic mass is 10.1. The van der Waals surface area contributed by atoms with Crippen LogP contribution in [0.3, 0.4) is 0 Å². The standard InChI is InChI=1S/C18H27NO2/c1-14-6-9-18(15(12-14)13-19-16-7-8-16)21-11-3-5-17-4-2-10-20-17/h6,9,12,16-17,19H,2-5,7-8,10-11,13H2,1H3. The second-order valence-corrected chi connectivity index (χ2v) is 6.39. The van der Waals surface area contributed by atoms with Crippen LogP contribution in [0, 0.1) is 6.92 Å². The molecule has 1 saturated carbocycles. The van der Waals surface area contributed by atoms with Gasteiger partial charge in [0, 0.05) is 24.8 Å². The monoisotopic (exact) mass is 289 g/mol. The molecule has 3 heteroatoms. The maximum absolute atomic E-state index is 6.01. The molecule has 0 aromatic heterocycles. The van der Waals surface area contributed by atoms with Gasteiger partial charge in [-0.3, -0.25) is 0 Å². The van der Waals surface area contributed by atoms with E-state index in [1.165, 1.54) is 36.8 Å². The maximum atomic E-state index is 6.01. The fourth-order valence-corrected chi connectivity index (χ4v) is 2.89. The third-order valence-corrected chi connectivity index (χ3v) is 4.33. The molecule has 3 nitrogen and oxygen atoms in total. The number of ether oxygens (including phenoxy) is 2. The van der Waals surface area contributed by atoms with Crippen molar-refractivity contribution in [2.45, 2.75) is 64.1 Å². The van der Waals surface area contributed by atoms with Crippen LogP contribution < -0.4 is 10.1 Å². The fourth-order valence-electron chi connectivity index (χ4n) is 2.89. The van der Waals surface area contributed by atoms with Crippen molar-refractivity contribution in [3.8, 4) is 5.75 Å². The average molecular weight is 289 g/mol. The van der Waals surface area contributed by atoms with Gasteiger partial charge in [-0.05, 0) is 51.5 Å². The molecule has 2 aliphatic rings. The number of rotatable bonds is 8. The third-order valence-electron chi connectivity index (χ3n) is 4.33. The predicted octanol–water partition coefficient (Wildman–Crippen LogP) is 3.59. The van der Waals surface area contributed by atoms with Crippen LogP contribution in [-0.4, -0.2) is 25.4 Å². The Labute approximate surface area is 128 Å². The van der Waals surface area contributed by atoms with Gasteiger partial charge in [0.1, 0.15) is 5.75 Å². The molecule has 1 heterocycles. The van der Waals surface area contributed by atoms with Crippen LogP contribution in [0.1, 0.15) is 49.7 Å². The summed E-state index contributed by atoms with van der Waals surface area (Å²) in [4.78, 5) is 0. The van der Waals surface area contributed by atoms with Crippen LogP contribution >= 0.6 is 0 Å². The zero-order valence-electron chi connectivity index (χ0n) is 13.1. The van der Waals surface area contributed by atoms with E-state index >= 15 is 0 Å². The summed E-state index contributed by atoms with van der Waals surface area (Å²) in [5, 5.41) is 3.58. The number of hydrogen-bond acceptors (Lipinski definition) is 3. The first kappa shape index (κ1) is 14.9. The van der Waals surface area contributed by atoms with Crippen molar-refractivity contribution in [2.24, 2.45) is 0 Å². The molecule has 0 spiro atoms. The molecular formula is C18H27NO2. The van der Waals surface area contributed by atoms with Gasteiger partial charge < -0.3 is 14.8 Å². The largest absolute Gasteiger partial charge is 0.493 e. The van der Waals surface area contributed by atoms with Crippen molar-refractivity contribution in [2.75, 3.05) is 13.2 Å². The van der Waals surface area contributed by atoms with E-state index < -0.39 is 0 Å². The fraction of sp³-hybridized carbons (Fsp3) is 0.667. The van der Waals surface area contributed by atoms with Crippen molar-refractivity contribution in [3.63, 3.8) is 0 Å². The first-order chi connectivity index (χ1) is 10.3. The van der Waals surface area contributed by atoms with Gasteiger partial charge in [-0.2, -0.15) is 0 Å². The zero-order chi connectivity index (χ0) is 14.5. The lowest BCUT2D eigenvalue weighted by molar-refractivity contribution is 0.0981. The first-order valence-corrected chi connectivity index (χ1v) is 8.38. The highest BCUT2D eigenvalue weighted by molar-refractivity contribution is 5.37. The zero-order valence-corrected chi connectivity index (χ0v) is 13.1. The van der Waals surface area contributed by atoms with Crippen molar-refractivity contribution < 1.29 is 9.47 Å². The van der Waals surface area contributed by atoms with E-state index in [1.807, 2.05) is 0 Å². The summed E-state index contributed by atoms with van der Waals surface area (Å²) in [5.41, 5.74) is 2.59. The minimum absolute atomic E-state index is 0.475.